The molecule has 0 saturated heterocycles. The van der Waals surface area contributed by atoms with Gasteiger partial charge in [0.2, 0.25) is 0 Å². The molecule has 0 aromatic heterocycles. The average molecular weight is 213 g/mol. The van der Waals surface area contributed by atoms with Crippen molar-refractivity contribution in [2.45, 2.75) is 32.5 Å². The van der Waals surface area contributed by atoms with Crippen LogP contribution in [0, 0.1) is 5.92 Å². The maximum absolute atomic E-state index is 11.8. The highest BCUT2D eigenvalue weighted by molar-refractivity contribution is 5.81. The first-order chi connectivity index (χ1) is 6.27. The Kier molecular flexibility index (Phi) is 4.90. The molecule has 0 heterocycles. The monoisotopic (exact) mass is 213 g/mol. The van der Waals surface area contributed by atoms with Gasteiger partial charge in [-0.2, -0.15) is 13.2 Å². The van der Waals surface area contributed by atoms with Crippen LogP contribution in [0.25, 0.3) is 0 Å². The third kappa shape index (κ3) is 5.06. The van der Waals surface area contributed by atoms with Crippen molar-refractivity contribution in [2.75, 3.05) is 6.61 Å². The maximum Gasteiger partial charge on any atom is 0.471 e. The van der Waals surface area contributed by atoms with Crippen LogP contribution in [0.2, 0.25) is 0 Å². The SMILES string of the molecule is CC(C)C[C@H](CO)NC(=O)C(F)(F)F. The van der Waals surface area contributed by atoms with Gasteiger partial charge < -0.3 is 10.4 Å². The van der Waals surface area contributed by atoms with E-state index in [1.807, 2.05) is 0 Å². The zero-order chi connectivity index (χ0) is 11.4. The number of rotatable bonds is 4. The molecule has 84 valence electrons. The number of hydrogen-bond acceptors (Lipinski definition) is 2. The molecule has 1 atom stereocenters. The summed E-state index contributed by atoms with van der Waals surface area (Å²) in [5, 5.41) is 10.4. The van der Waals surface area contributed by atoms with Crippen molar-refractivity contribution in [1.82, 2.24) is 5.32 Å². The van der Waals surface area contributed by atoms with Crippen molar-refractivity contribution in [2.24, 2.45) is 5.92 Å². The normalized spacial score (nSPS) is 14.2. The van der Waals surface area contributed by atoms with Crippen molar-refractivity contribution >= 4 is 5.91 Å². The Labute approximate surface area is 80.3 Å². The molecule has 3 nitrogen and oxygen atoms in total. The van der Waals surface area contributed by atoms with Crippen LogP contribution in [0.15, 0.2) is 0 Å². The van der Waals surface area contributed by atoms with Crippen LogP contribution in [0.4, 0.5) is 13.2 Å². The molecule has 0 aliphatic rings. The van der Waals surface area contributed by atoms with E-state index in [4.69, 9.17) is 5.11 Å². The molecular formula is C8H14F3NO2. The van der Waals surface area contributed by atoms with Crippen LogP contribution in [0.5, 0.6) is 0 Å². The lowest BCUT2D eigenvalue weighted by Crippen LogP contribution is -2.45. The second kappa shape index (κ2) is 5.19. The van der Waals surface area contributed by atoms with Crippen LogP contribution in [-0.4, -0.2) is 29.8 Å². The summed E-state index contributed by atoms with van der Waals surface area (Å²) in [5.41, 5.74) is 0. The predicted molar refractivity (Wildman–Crippen MR) is 44.5 cm³/mol. The molecule has 0 fully saturated rings. The van der Waals surface area contributed by atoms with Crippen molar-refractivity contribution in [1.29, 1.82) is 0 Å². The number of aliphatic hydroxyl groups excluding tert-OH is 1. The Morgan fingerprint density at radius 3 is 2.21 bits per heavy atom. The summed E-state index contributed by atoms with van der Waals surface area (Å²) in [6.07, 6.45) is -4.57. The van der Waals surface area contributed by atoms with E-state index < -0.39 is 24.7 Å². The van der Waals surface area contributed by atoms with Crippen molar-refractivity contribution < 1.29 is 23.1 Å². The molecule has 0 radical (unpaired) electrons. The molecule has 0 aromatic carbocycles. The Morgan fingerprint density at radius 1 is 1.43 bits per heavy atom. The van der Waals surface area contributed by atoms with Gasteiger partial charge in [-0.05, 0) is 12.3 Å². The van der Waals surface area contributed by atoms with Gasteiger partial charge >= 0.3 is 12.1 Å². The fourth-order valence-corrected chi connectivity index (χ4v) is 1.02. The number of hydrogen-bond donors (Lipinski definition) is 2. The zero-order valence-electron chi connectivity index (χ0n) is 8.06. The van der Waals surface area contributed by atoms with Gasteiger partial charge in [-0.3, -0.25) is 4.79 Å². The first kappa shape index (κ1) is 13.2. The third-order valence-corrected chi connectivity index (χ3v) is 1.57. The molecular weight excluding hydrogens is 199 g/mol. The van der Waals surface area contributed by atoms with Crippen molar-refractivity contribution in [3.63, 3.8) is 0 Å². The van der Waals surface area contributed by atoms with E-state index in [1.165, 1.54) is 0 Å². The van der Waals surface area contributed by atoms with Gasteiger partial charge in [-0.1, -0.05) is 13.8 Å². The van der Waals surface area contributed by atoms with E-state index in [2.05, 4.69) is 0 Å². The van der Waals surface area contributed by atoms with E-state index in [9.17, 15) is 18.0 Å². The standard InChI is InChI=1S/C8H14F3NO2/c1-5(2)3-6(4-13)12-7(14)8(9,10)11/h5-6,13H,3-4H2,1-2H3,(H,12,14)/t6-/m1/s1. The molecule has 2 N–H and O–H groups in total. The molecule has 0 spiro atoms. The van der Waals surface area contributed by atoms with Crippen LogP contribution in [0.3, 0.4) is 0 Å². The molecule has 0 aromatic rings. The lowest BCUT2D eigenvalue weighted by Gasteiger charge is -2.18. The highest BCUT2D eigenvalue weighted by Crippen LogP contribution is 2.15. The lowest BCUT2D eigenvalue weighted by molar-refractivity contribution is -0.174. The summed E-state index contributed by atoms with van der Waals surface area (Å²) in [6.45, 7) is 3.10. The number of nitrogens with one attached hydrogen (secondary N) is 1. The van der Waals surface area contributed by atoms with Crippen LogP contribution in [-0.2, 0) is 4.79 Å². The van der Waals surface area contributed by atoms with Crippen LogP contribution >= 0.6 is 0 Å². The minimum Gasteiger partial charge on any atom is -0.394 e. The Balaban J connectivity index is 4.12. The Bertz CT molecular complexity index is 192. The fraction of sp³-hybridized carbons (Fsp3) is 0.875. The highest BCUT2D eigenvalue weighted by Gasteiger charge is 2.39. The second-order valence-electron chi connectivity index (χ2n) is 3.48. The van der Waals surface area contributed by atoms with Gasteiger partial charge in [0.25, 0.3) is 0 Å². The number of halogens is 3. The largest absolute Gasteiger partial charge is 0.471 e. The smallest absolute Gasteiger partial charge is 0.394 e. The van der Waals surface area contributed by atoms with E-state index in [1.54, 1.807) is 19.2 Å². The van der Waals surface area contributed by atoms with Gasteiger partial charge in [0.1, 0.15) is 0 Å². The molecule has 6 heteroatoms. The summed E-state index contributed by atoms with van der Waals surface area (Å²) in [4.78, 5) is 10.5. The molecule has 0 bridgehead atoms. The van der Waals surface area contributed by atoms with Crippen molar-refractivity contribution in [3.8, 4) is 0 Å². The first-order valence-corrected chi connectivity index (χ1v) is 4.26. The molecule has 0 aliphatic heterocycles. The number of carbonyl (C=O) groups excluding carboxylic acids is 1. The molecule has 0 saturated carbocycles. The third-order valence-electron chi connectivity index (χ3n) is 1.57. The predicted octanol–water partition coefficient (Wildman–Crippen LogP) is 1.07. The topological polar surface area (TPSA) is 49.3 Å². The number of amides is 1. The van der Waals surface area contributed by atoms with E-state index in [-0.39, 0.29) is 5.92 Å². The quantitative estimate of drug-likeness (QED) is 0.734. The van der Waals surface area contributed by atoms with Gasteiger partial charge in [0.05, 0.1) is 12.6 Å². The number of carbonyl (C=O) groups is 1. The van der Waals surface area contributed by atoms with Gasteiger partial charge in [0, 0.05) is 0 Å². The fourth-order valence-electron chi connectivity index (χ4n) is 1.02. The first-order valence-electron chi connectivity index (χ1n) is 4.26. The van der Waals surface area contributed by atoms with E-state index >= 15 is 0 Å². The summed E-state index contributed by atoms with van der Waals surface area (Å²) < 4.78 is 35.4. The Morgan fingerprint density at radius 2 is 1.93 bits per heavy atom. The van der Waals surface area contributed by atoms with Crippen LogP contribution in [0.1, 0.15) is 20.3 Å². The molecule has 0 unspecified atom stereocenters. The molecule has 0 aliphatic carbocycles. The maximum atomic E-state index is 11.8. The number of alkyl halides is 3. The minimum atomic E-state index is -4.88. The summed E-state index contributed by atoms with van der Waals surface area (Å²) in [6, 6.07) is -0.830. The van der Waals surface area contributed by atoms with Gasteiger partial charge in [-0.25, -0.2) is 0 Å². The zero-order valence-corrected chi connectivity index (χ0v) is 8.06. The van der Waals surface area contributed by atoms with Crippen LogP contribution < -0.4 is 5.32 Å². The van der Waals surface area contributed by atoms with Gasteiger partial charge in [0.15, 0.2) is 0 Å². The van der Waals surface area contributed by atoms with E-state index in [0.29, 0.717) is 6.42 Å². The highest BCUT2D eigenvalue weighted by atomic mass is 19.4. The second-order valence-corrected chi connectivity index (χ2v) is 3.48. The summed E-state index contributed by atoms with van der Waals surface area (Å²) >= 11 is 0. The number of aliphatic hydroxyl groups is 1. The lowest BCUT2D eigenvalue weighted by atomic mass is 10.0. The molecule has 14 heavy (non-hydrogen) atoms. The molecule has 0 rings (SSSR count). The van der Waals surface area contributed by atoms with Gasteiger partial charge in [-0.15, -0.1) is 0 Å². The summed E-state index contributed by atoms with van der Waals surface area (Å²) in [7, 11) is 0. The minimum absolute atomic E-state index is 0.112. The Hall–Kier alpha value is -0.780. The van der Waals surface area contributed by atoms with Crippen molar-refractivity contribution in [3.05, 3.63) is 0 Å². The summed E-state index contributed by atoms with van der Waals surface area (Å²) in [5.74, 6) is -1.89. The molecule has 1 amide bonds. The van der Waals surface area contributed by atoms with E-state index in [0.717, 1.165) is 0 Å². The average Bonchev–Trinajstić information content (AvgIpc) is 2.00.